The molecule has 3 aliphatic rings. The van der Waals surface area contributed by atoms with Crippen molar-refractivity contribution in [1.29, 1.82) is 0 Å². The molecule has 114 valence electrons. The van der Waals surface area contributed by atoms with E-state index in [0.717, 1.165) is 32.8 Å². The lowest BCUT2D eigenvalue weighted by Gasteiger charge is -2.63. The maximum Gasteiger partial charge on any atom is 0.0635 e. The molecule has 4 nitrogen and oxygen atoms in total. The van der Waals surface area contributed by atoms with E-state index in [4.69, 9.17) is 4.74 Å². The average molecular weight is 287 g/mol. The van der Waals surface area contributed by atoms with Gasteiger partial charge in [-0.3, -0.25) is 9.80 Å². The second-order valence-corrected chi connectivity index (χ2v) is 6.97. The number of morpholine rings is 1. The summed E-state index contributed by atoms with van der Waals surface area (Å²) in [5, 5.41) is 0. The summed E-state index contributed by atoms with van der Waals surface area (Å²) in [6.07, 6.45) is 0. The topological polar surface area (TPSA) is 19.0 Å². The van der Waals surface area contributed by atoms with Crippen LogP contribution >= 0.6 is 0 Å². The van der Waals surface area contributed by atoms with E-state index >= 15 is 0 Å². The third-order valence-electron chi connectivity index (χ3n) is 5.20. The minimum atomic E-state index is 0.371. The average Bonchev–Trinajstić information content (AvgIpc) is 2.47. The molecule has 3 aliphatic heterocycles. The number of benzene rings is 1. The lowest BCUT2D eigenvalue weighted by atomic mass is 9.83. The highest BCUT2D eigenvalue weighted by atomic mass is 16.5. The molecule has 3 saturated heterocycles. The first-order chi connectivity index (χ1) is 10.3. The van der Waals surface area contributed by atoms with Crippen LogP contribution in [-0.4, -0.2) is 79.3 Å². The molecule has 0 aliphatic carbocycles. The number of likely N-dealkylation sites (tertiary alicyclic amines) is 1. The highest BCUT2D eigenvalue weighted by molar-refractivity contribution is 5.16. The molecule has 3 fully saturated rings. The summed E-state index contributed by atoms with van der Waals surface area (Å²) in [7, 11) is 2.23. The first-order valence-electron chi connectivity index (χ1n) is 8.05. The molecule has 0 bridgehead atoms. The quantitative estimate of drug-likeness (QED) is 0.804. The molecule has 0 radical (unpaired) electrons. The number of rotatable bonds is 2. The van der Waals surface area contributed by atoms with E-state index < -0.39 is 0 Å². The van der Waals surface area contributed by atoms with Gasteiger partial charge < -0.3 is 9.64 Å². The Morgan fingerprint density at radius 2 is 2.00 bits per heavy atom. The molecule has 1 spiro atoms. The molecule has 0 unspecified atom stereocenters. The van der Waals surface area contributed by atoms with Crippen LogP contribution in [-0.2, 0) is 11.3 Å². The molecule has 1 aromatic carbocycles. The van der Waals surface area contributed by atoms with Gasteiger partial charge in [0, 0.05) is 45.3 Å². The second kappa shape index (κ2) is 5.36. The van der Waals surface area contributed by atoms with Gasteiger partial charge in [0.15, 0.2) is 0 Å². The first kappa shape index (κ1) is 13.7. The normalized spacial score (nSPS) is 30.0. The fraction of sp³-hybridized carbons (Fsp3) is 0.647. The summed E-state index contributed by atoms with van der Waals surface area (Å²) in [5.41, 5.74) is 1.79. The van der Waals surface area contributed by atoms with Gasteiger partial charge in [0.1, 0.15) is 0 Å². The SMILES string of the molecule is CN1CC2(C1)CN(Cc1ccccc1)C[C@@H]1COCCN12. The Kier molecular flexibility index (Phi) is 3.50. The van der Waals surface area contributed by atoms with E-state index in [1.807, 2.05) is 0 Å². The lowest BCUT2D eigenvalue weighted by Crippen LogP contribution is -2.79. The number of piperazine rings is 1. The zero-order valence-corrected chi connectivity index (χ0v) is 12.9. The van der Waals surface area contributed by atoms with Crippen molar-refractivity contribution in [1.82, 2.24) is 14.7 Å². The Balaban J connectivity index is 1.52. The maximum atomic E-state index is 5.74. The molecule has 4 heteroatoms. The number of hydrogen-bond acceptors (Lipinski definition) is 4. The predicted octanol–water partition coefficient (Wildman–Crippen LogP) is 0.887. The van der Waals surface area contributed by atoms with Crippen molar-refractivity contribution in [3.8, 4) is 0 Å². The highest BCUT2D eigenvalue weighted by Gasteiger charge is 2.52. The molecule has 1 aromatic rings. The smallest absolute Gasteiger partial charge is 0.0635 e. The molecule has 0 amide bonds. The van der Waals surface area contributed by atoms with Gasteiger partial charge in [0.05, 0.1) is 18.8 Å². The second-order valence-electron chi connectivity index (χ2n) is 6.97. The summed E-state index contributed by atoms with van der Waals surface area (Å²) in [5.74, 6) is 0. The number of nitrogens with zero attached hydrogens (tertiary/aromatic N) is 3. The van der Waals surface area contributed by atoms with Crippen LogP contribution in [0.2, 0.25) is 0 Å². The Labute approximate surface area is 127 Å². The standard InChI is InChI=1S/C17H25N3O/c1-18-12-17(13-18)14-19(9-15-5-3-2-4-6-15)10-16-11-21-8-7-20(16)17/h2-6,16H,7-14H2,1H3/t16-/m1/s1. The van der Waals surface area contributed by atoms with Crippen LogP contribution in [0.3, 0.4) is 0 Å². The number of likely N-dealkylation sites (N-methyl/N-ethyl adjacent to an activating group) is 1. The van der Waals surface area contributed by atoms with Gasteiger partial charge in [-0.05, 0) is 12.6 Å². The third-order valence-corrected chi connectivity index (χ3v) is 5.20. The summed E-state index contributed by atoms with van der Waals surface area (Å²) < 4.78 is 5.74. The van der Waals surface area contributed by atoms with Gasteiger partial charge in [0.2, 0.25) is 0 Å². The van der Waals surface area contributed by atoms with E-state index in [9.17, 15) is 0 Å². The van der Waals surface area contributed by atoms with Crippen LogP contribution in [0.25, 0.3) is 0 Å². The summed E-state index contributed by atoms with van der Waals surface area (Å²) in [6.45, 7) is 8.72. The minimum absolute atomic E-state index is 0.371. The van der Waals surface area contributed by atoms with Gasteiger partial charge in [0.25, 0.3) is 0 Å². The van der Waals surface area contributed by atoms with Crippen molar-refractivity contribution < 1.29 is 4.74 Å². The summed E-state index contributed by atoms with van der Waals surface area (Å²) in [6, 6.07) is 11.4. The molecule has 3 heterocycles. The first-order valence-corrected chi connectivity index (χ1v) is 8.05. The van der Waals surface area contributed by atoms with Crippen molar-refractivity contribution in [2.45, 2.75) is 18.1 Å². The van der Waals surface area contributed by atoms with E-state index in [2.05, 4.69) is 52.1 Å². The van der Waals surface area contributed by atoms with Crippen LogP contribution < -0.4 is 0 Å². The summed E-state index contributed by atoms with van der Waals surface area (Å²) in [4.78, 5) is 7.83. The number of ether oxygens (including phenoxy) is 1. The monoisotopic (exact) mass is 287 g/mol. The highest BCUT2D eigenvalue weighted by Crippen LogP contribution is 2.35. The van der Waals surface area contributed by atoms with E-state index in [-0.39, 0.29) is 0 Å². The third kappa shape index (κ3) is 2.50. The van der Waals surface area contributed by atoms with Gasteiger partial charge in [-0.15, -0.1) is 0 Å². The number of fused-ring (bicyclic) bond motifs is 2. The predicted molar refractivity (Wildman–Crippen MR) is 83.3 cm³/mol. The van der Waals surface area contributed by atoms with Crippen LogP contribution in [0.15, 0.2) is 30.3 Å². The van der Waals surface area contributed by atoms with Crippen LogP contribution in [0.5, 0.6) is 0 Å². The molecule has 1 atom stereocenters. The van der Waals surface area contributed by atoms with E-state index in [1.54, 1.807) is 0 Å². The van der Waals surface area contributed by atoms with E-state index in [1.165, 1.54) is 25.2 Å². The van der Waals surface area contributed by atoms with Gasteiger partial charge >= 0.3 is 0 Å². The molecule has 0 saturated carbocycles. The lowest BCUT2D eigenvalue weighted by molar-refractivity contribution is -0.161. The van der Waals surface area contributed by atoms with Crippen molar-refractivity contribution in [3.05, 3.63) is 35.9 Å². The largest absolute Gasteiger partial charge is 0.378 e. The Morgan fingerprint density at radius 1 is 1.19 bits per heavy atom. The van der Waals surface area contributed by atoms with Crippen LogP contribution in [0, 0.1) is 0 Å². The Morgan fingerprint density at radius 3 is 2.76 bits per heavy atom. The van der Waals surface area contributed by atoms with Crippen molar-refractivity contribution in [2.24, 2.45) is 0 Å². The maximum absolute atomic E-state index is 5.74. The molecule has 21 heavy (non-hydrogen) atoms. The molecule has 0 aromatic heterocycles. The fourth-order valence-corrected chi connectivity index (χ4v) is 4.50. The Hall–Kier alpha value is -0.940. The van der Waals surface area contributed by atoms with Crippen molar-refractivity contribution >= 4 is 0 Å². The van der Waals surface area contributed by atoms with E-state index in [0.29, 0.717) is 11.6 Å². The number of hydrogen-bond donors (Lipinski definition) is 0. The molecular weight excluding hydrogens is 262 g/mol. The zero-order chi connectivity index (χ0) is 14.3. The zero-order valence-electron chi connectivity index (χ0n) is 12.9. The van der Waals surface area contributed by atoms with Crippen molar-refractivity contribution in [2.75, 3.05) is 53.0 Å². The van der Waals surface area contributed by atoms with Crippen molar-refractivity contribution in [3.63, 3.8) is 0 Å². The Bertz CT molecular complexity index is 486. The van der Waals surface area contributed by atoms with Gasteiger partial charge in [-0.25, -0.2) is 0 Å². The van der Waals surface area contributed by atoms with Crippen LogP contribution in [0.1, 0.15) is 5.56 Å². The molecule has 0 N–H and O–H groups in total. The minimum Gasteiger partial charge on any atom is -0.378 e. The van der Waals surface area contributed by atoms with Gasteiger partial charge in [-0.1, -0.05) is 30.3 Å². The molecule has 4 rings (SSSR count). The molecular formula is C17H25N3O. The van der Waals surface area contributed by atoms with Crippen LogP contribution in [0.4, 0.5) is 0 Å². The van der Waals surface area contributed by atoms with Gasteiger partial charge in [-0.2, -0.15) is 0 Å². The fourth-order valence-electron chi connectivity index (χ4n) is 4.50. The summed E-state index contributed by atoms with van der Waals surface area (Å²) >= 11 is 0.